The molecule has 0 saturated carbocycles. The Labute approximate surface area is 207 Å². The van der Waals surface area contributed by atoms with Crippen LogP contribution in [-0.4, -0.2) is 28.0 Å². The van der Waals surface area contributed by atoms with Crippen LogP contribution in [0.5, 0.6) is 5.75 Å². The highest BCUT2D eigenvalue weighted by Gasteiger charge is 2.15. The van der Waals surface area contributed by atoms with Crippen LogP contribution in [0.15, 0.2) is 76.2 Å². The second-order valence-electron chi connectivity index (χ2n) is 8.11. The summed E-state index contributed by atoms with van der Waals surface area (Å²) in [5.41, 5.74) is 4.55. The molecule has 3 aromatic carbocycles. The third-order valence-electron chi connectivity index (χ3n) is 5.58. The molecule has 0 aliphatic rings. The summed E-state index contributed by atoms with van der Waals surface area (Å²) in [6.07, 6.45) is 1.57. The number of amides is 2. The molecule has 0 radical (unpaired) electrons. The molecule has 1 heterocycles. The van der Waals surface area contributed by atoms with E-state index in [1.807, 2.05) is 55.5 Å². The average molecular weight is 490 g/mol. The first-order valence-corrected chi connectivity index (χ1v) is 11.3. The molecule has 0 spiro atoms. The number of furan rings is 1. The number of nitrogens with one attached hydrogen (secondary N) is 1. The van der Waals surface area contributed by atoms with Gasteiger partial charge in [-0.2, -0.15) is 5.10 Å². The van der Waals surface area contributed by atoms with Gasteiger partial charge in [-0.3, -0.25) is 9.59 Å². The molecule has 0 fully saturated rings. The summed E-state index contributed by atoms with van der Waals surface area (Å²) in [6, 6.07) is 19.6. The van der Waals surface area contributed by atoms with Crippen molar-refractivity contribution in [2.75, 3.05) is 0 Å². The number of hydrogen-bond donors (Lipinski definition) is 2. The lowest BCUT2D eigenvalue weighted by Gasteiger charge is -2.21. The number of phenols is 1. The van der Waals surface area contributed by atoms with Crippen molar-refractivity contribution in [3.05, 3.63) is 100.0 Å². The van der Waals surface area contributed by atoms with Crippen LogP contribution < -0.4 is 5.43 Å². The van der Waals surface area contributed by atoms with Gasteiger partial charge < -0.3 is 14.4 Å². The maximum absolute atomic E-state index is 12.3. The van der Waals surface area contributed by atoms with Crippen molar-refractivity contribution in [2.45, 2.75) is 26.9 Å². The van der Waals surface area contributed by atoms with Crippen LogP contribution in [0.3, 0.4) is 0 Å². The molecule has 0 saturated heterocycles. The number of fused-ring (bicyclic) bond motifs is 1. The summed E-state index contributed by atoms with van der Waals surface area (Å²) in [5, 5.41) is 15.6. The predicted octanol–water partition coefficient (Wildman–Crippen LogP) is 5.41. The quantitative estimate of drug-likeness (QED) is 0.268. The monoisotopic (exact) mass is 489 g/mol. The molecule has 7 nitrogen and oxygen atoms in total. The van der Waals surface area contributed by atoms with Crippen LogP contribution in [-0.2, 0) is 17.9 Å². The van der Waals surface area contributed by atoms with Gasteiger partial charge in [0.2, 0.25) is 5.91 Å². The fourth-order valence-corrected chi connectivity index (χ4v) is 3.93. The van der Waals surface area contributed by atoms with Gasteiger partial charge >= 0.3 is 0 Å². The molecule has 1 aromatic heterocycles. The Hall–Kier alpha value is -4.10. The smallest absolute Gasteiger partial charge is 0.271 e. The summed E-state index contributed by atoms with van der Waals surface area (Å²) in [7, 11) is 0. The Balaban J connectivity index is 1.54. The first-order valence-electron chi connectivity index (χ1n) is 10.9. The lowest BCUT2D eigenvalue weighted by molar-refractivity contribution is -0.130. The standard InChI is InChI=1S/C27H24ClN3O4/c1-17-7-11-22(35-17)16-31(18(2)32)15-21-9-8-20(23-5-3-4-6-24(21)23)14-29-30-27(34)19-10-12-26(33)25(28)13-19/h3-14,33H,15-16H2,1-2H3,(H,30,34)/b29-14+. The van der Waals surface area contributed by atoms with E-state index in [4.69, 9.17) is 16.0 Å². The third-order valence-corrected chi connectivity index (χ3v) is 5.88. The molecule has 0 aliphatic carbocycles. The summed E-state index contributed by atoms with van der Waals surface area (Å²) in [5.74, 6) is 0.940. The predicted molar refractivity (Wildman–Crippen MR) is 135 cm³/mol. The normalized spacial score (nSPS) is 11.2. The minimum Gasteiger partial charge on any atom is -0.506 e. The van der Waals surface area contributed by atoms with E-state index < -0.39 is 5.91 Å². The number of carbonyl (C=O) groups is 2. The molecular weight excluding hydrogens is 466 g/mol. The molecule has 0 unspecified atom stereocenters. The topological polar surface area (TPSA) is 95.1 Å². The molecule has 35 heavy (non-hydrogen) atoms. The molecule has 0 atom stereocenters. The number of aryl methyl sites for hydroxylation is 1. The second kappa shape index (κ2) is 10.4. The fraction of sp³-hybridized carbons (Fsp3) is 0.148. The highest BCUT2D eigenvalue weighted by molar-refractivity contribution is 6.32. The second-order valence-corrected chi connectivity index (χ2v) is 8.52. The van der Waals surface area contributed by atoms with Gasteiger partial charge in [0.05, 0.1) is 17.8 Å². The molecule has 8 heteroatoms. The largest absolute Gasteiger partial charge is 0.506 e. The third kappa shape index (κ3) is 5.70. The van der Waals surface area contributed by atoms with Crippen molar-refractivity contribution in [3.8, 4) is 5.75 Å². The van der Waals surface area contributed by atoms with E-state index in [2.05, 4.69) is 10.5 Å². The number of rotatable bonds is 7. The van der Waals surface area contributed by atoms with Crippen LogP contribution in [0.4, 0.5) is 0 Å². The van der Waals surface area contributed by atoms with Crippen LogP contribution in [0.1, 0.15) is 39.9 Å². The van der Waals surface area contributed by atoms with Crippen LogP contribution in [0.25, 0.3) is 10.8 Å². The van der Waals surface area contributed by atoms with Gasteiger partial charge in [0, 0.05) is 24.6 Å². The fourth-order valence-electron chi connectivity index (χ4n) is 3.75. The SMILES string of the molecule is CC(=O)N(Cc1ccc(C)o1)Cc1ccc(/C=N/NC(=O)c2ccc(O)c(Cl)c2)c2ccccc12. The minimum atomic E-state index is -0.450. The van der Waals surface area contributed by atoms with Crippen LogP contribution >= 0.6 is 11.6 Å². The van der Waals surface area contributed by atoms with E-state index >= 15 is 0 Å². The number of carbonyl (C=O) groups excluding carboxylic acids is 2. The molecule has 2 amide bonds. The lowest BCUT2D eigenvalue weighted by Crippen LogP contribution is -2.27. The van der Waals surface area contributed by atoms with E-state index in [1.165, 1.54) is 18.2 Å². The number of hydrazone groups is 1. The Morgan fingerprint density at radius 2 is 1.83 bits per heavy atom. The summed E-state index contributed by atoms with van der Waals surface area (Å²) in [6.45, 7) is 4.22. The van der Waals surface area contributed by atoms with Crippen molar-refractivity contribution in [2.24, 2.45) is 5.10 Å². The zero-order chi connectivity index (χ0) is 24.9. The highest BCUT2D eigenvalue weighted by atomic mass is 35.5. The number of hydrogen-bond acceptors (Lipinski definition) is 5. The van der Waals surface area contributed by atoms with Gasteiger partial charge in [-0.1, -0.05) is 48.0 Å². The van der Waals surface area contributed by atoms with E-state index in [9.17, 15) is 14.7 Å². The summed E-state index contributed by atoms with van der Waals surface area (Å²) >= 11 is 5.87. The van der Waals surface area contributed by atoms with Crippen molar-refractivity contribution in [1.82, 2.24) is 10.3 Å². The van der Waals surface area contributed by atoms with Gasteiger partial charge in [-0.05, 0) is 53.6 Å². The zero-order valence-electron chi connectivity index (χ0n) is 19.3. The Kier molecular flexibility index (Phi) is 7.17. The van der Waals surface area contributed by atoms with Gasteiger partial charge in [0.15, 0.2) is 0 Å². The van der Waals surface area contributed by atoms with Crippen molar-refractivity contribution < 1.29 is 19.1 Å². The molecule has 4 aromatic rings. The zero-order valence-corrected chi connectivity index (χ0v) is 20.0. The van der Waals surface area contributed by atoms with Crippen molar-refractivity contribution in [3.63, 3.8) is 0 Å². The molecule has 0 aliphatic heterocycles. The first kappa shape index (κ1) is 24.0. The van der Waals surface area contributed by atoms with Crippen molar-refractivity contribution in [1.29, 1.82) is 0 Å². The van der Waals surface area contributed by atoms with E-state index in [-0.39, 0.29) is 22.2 Å². The number of phenolic OH excluding ortho intramolecular Hbond substituents is 1. The van der Waals surface area contributed by atoms with Crippen LogP contribution in [0, 0.1) is 6.92 Å². The Morgan fingerprint density at radius 3 is 2.51 bits per heavy atom. The van der Waals surface area contributed by atoms with Gasteiger partial charge in [-0.15, -0.1) is 0 Å². The summed E-state index contributed by atoms with van der Waals surface area (Å²) < 4.78 is 5.65. The van der Waals surface area contributed by atoms with Crippen molar-refractivity contribution >= 4 is 40.4 Å². The van der Waals surface area contributed by atoms with E-state index in [0.29, 0.717) is 13.1 Å². The molecule has 2 N–H and O–H groups in total. The minimum absolute atomic E-state index is 0.0502. The van der Waals surface area contributed by atoms with Gasteiger partial charge in [0.1, 0.15) is 17.3 Å². The van der Waals surface area contributed by atoms with E-state index in [1.54, 1.807) is 18.0 Å². The number of halogens is 1. The maximum Gasteiger partial charge on any atom is 0.271 e. The van der Waals surface area contributed by atoms with E-state index in [0.717, 1.165) is 33.4 Å². The van der Waals surface area contributed by atoms with Gasteiger partial charge in [0.25, 0.3) is 5.91 Å². The molecule has 4 rings (SSSR count). The Bertz CT molecular complexity index is 1430. The first-order chi connectivity index (χ1) is 16.8. The molecular formula is C27H24ClN3O4. The molecule has 178 valence electrons. The highest BCUT2D eigenvalue weighted by Crippen LogP contribution is 2.25. The number of benzene rings is 3. The van der Waals surface area contributed by atoms with Gasteiger partial charge in [-0.25, -0.2) is 5.43 Å². The summed E-state index contributed by atoms with van der Waals surface area (Å²) in [4.78, 5) is 26.4. The lowest BCUT2D eigenvalue weighted by atomic mass is 9.99. The maximum atomic E-state index is 12.3. The number of nitrogens with zero attached hydrogens (tertiary/aromatic N) is 2. The number of aromatic hydroxyl groups is 1. The Morgan fingerprint density at radius 1 is 1.06 bits per heavy atom. The average Bonchev–Trinajstić information content (AvgIpc) is 3.25. The molecule has 0 bridgehead atoms. The van der Waals surface area contributed by atoms with Crippen LogP contribution in [0.2, 0.25) is 5.02 Å².